The molecule has 0 N–H and O–H groups in total. The Labute approximate surface area is 107 Å². The second-order valence-electron chi connectivity index (χ2n) is 3.71. The van der Waals surface area contributed by atoms with Crippen LogP contribution in [0.5, 0.6) is 0 Å². The number of halogens is 8. The van der Waals surface area contributed by atoms with Crippen LogP contribution >= 0.6 is 11.8 Å². The highest BCUT2D eigenvalue weighted by atomic mass is 32.2. The van der Waals surface area contributed by atoms with E-state index in [-0.39, 0.29) is 5.75 Å². The summed E-state index contributed by atoms with van der Waals surface area (Å²) < 4.78 is 98.5. The number of carbonyl (C=O) groups excluding carboxylic acids is 1. The summed E-state index contributed by atoms with van der Waals surface area (Å²) >= 11 is 0.565. The van der Waals surface area contributed by atoms with Crippen LogP contribution in [0.15, 0.2) is 0 Å². The predicted octanol–water partition coefficient (Wildman–Crippen LogP) is 4.22. The largest absolute Gasteiger partial charge is 0.459 e. The quantitative estimate of drug-likeness (QED) is 0.682. The molecule has 0 saturated carbocycles. The molecule has 10 heteroatoms. The van der Waals surface area contributed by atoms with Crippen molar-refractivity contribution in [2.45, 2.75) is 44.0 Å². The van der Waals surface area contributed by atoms with Crippen molar-refractivity contribution in [1.82, 2.24) is 0 Å². The van der Waals surface area contributed by atoms with Gasteiger partial charge in [-0.1, -0.05) is 11.8 Å². The van der Waals surface area contributed by atoms with Gasteiger partial charge in [-0.25, -0.2) is 4.39 Å². The molecule has 0 aromatic carbocycles. The molecule has 0 bridgehead atoms. The first-order valence-corrected chi connectivity index (χ1v) is 5.89. The van der Waals surface area contributed by atoms with Crippen molar-refractivity contribution in [1.29, 1.82) is 0 Å². The highest BCUT2D eigenvalue weighted by Crippen LogP contribution is 2.48. The van der Waals surface area contributed by atoms with Crippen LogP contribution in [0.4, 0.5) is 35.1 Å². The van der Waals surface area contributed by atoms with Gasteiger partial charge in [0.25, 0.3) is 0 Å². The summed E-state index contributed by atoms with van der Waals surface area (Å²) in [4.78, 5) is 10.4. The smallest absolute Gasteiger partial charge is 0.288 e. The third kappa shape index (κ3) is 5.15. The fraction of sp³-hybridized carbons (Fsp3) is 0.889. The van der Waals surface area contributed by atoms with Gasteiger partial charge in [0.05, 0.1) is 0 Å². The van der Waals surface area contributed by atoms with Gasteiger partial charge in [-0.15, -0.1) is 0 Å². The summed E-state index contributed by atoms with van der Waals surface area (Å²) in [7, 11) is 0. The van der Waals surface area contributed by atoms with E-state index in [0.29, 0.717) is 11.8 Å². The molecule has 1 unspecified atom stereocenters. The molecule has 0 saturated heterocycles. The Morgan fingerprint density at radius 1 is 1.11 bits per heavy atom. The van der Waals surface area contributed by atoms with E-state index < -0.39 is 42.1 Å². The Hall–Kier alpha value is -0.540. The molecule has 0 aromatic heterocycles. The highest BCUT2D eigenvalue weighted by Gasteiger charge is 2.72. The Morgan fingerprint density at radius 3 is 1.95 bits per heavy atom. The number of thioether (sulfide) groups is 1. The van der Waals surface area contributed by atoms with Crippen LogP contribution in [-0.2, 0) is 4.79 Å². The monoisotopic (exact) mass is 318 g/mol. The van der Waals surface area contributed by atoms with E-state index in [9.17, 15) is 39.9 Å². The third-order valence-corrected chi connectivity index (χ3v) is 2.88. The van der Waals surface area contributed by atoms with Gasteiger partial charge in [0.15, 0.2) is 5.12 Å². The van der Waals surface area contributed by atoms with Gasteiger partial charge in [-0.05, 0) is 6.42 Å². The fourth-order valence-electron chi connectivity index (χ4n) is 1.05. The molecule has 0 rings (SSSR count). The average molecular weight is 318 g/mol. The maximum absolute atomic E-state index is 13.0. The molecule has 0 aliphatic heterocycles. The molecular weight excluding hydrogens is 308 g/mol. The Morgan fingerprint density at radius 2 is 1.58 bits per heavy atom. The molecule has 1 nitrogen and oxygen atoms in total. The minimum Gasteiger partial charge on any atom is -0.288 e. The zero-order valence-corrected chi connectivity index (χ0v) is 10.4. The van der Waals surface area contributed by atoms with Gasteiger partial charge in [0.1, 0.15) is 6.17 Å². The lowest BCUT2D eigenvalue weighted by atomic mass is 10.0. The van der Waals surface area contributed by atoms with Gasteiger partial charge in [-0.2, -0.15) is 30.7 Å². The molecule has 1 atom stereocenters. The second kappa shape index (κ2) is 6.27. The molecule has 0 heterocycles. The van der Waals surface area contributed by atoms with Gasteiger partial charge in [-0.3, -0.25) is 4.79 Å². The van der Waals surface area contributed by atoms with E-state index in [1.54, 1.807) is 0 Å². The van der Waals surface area contributed by atoms with Crippen molar-refractivity contribution in [3.63, 3.8) is 0 Å². The Bertz CT molecular complexity index is 314. The molecular formula is C9H10F8OS. The van der Waals surface area contributed by atoms with Crippen molar-refractivity contribution in [2.75, 3.05) is 5.75 Å². The van der Waals surface area contributed by atoms with Crippen LogP contribution in [0.25, 0.3) is 0 Å². The number of alkyl halides is 8. The van der Waals surface area contributed by atoms with Gasteiger partial charge in [0, 0.05) is 19.1 Å². The average Bonchev–Trinajstić information content (AvgIpc) is 2.13. The fourth-order valence-corrected chi connectivity index (χ4v) is 1.71. The lowest BCUT2D eigenvalue weighted by Gasteiger charge is -2.29. The third-order valence-electron chi connectivity index (χ3n) is 2.03. The maximum atomic E-state index is 13.0. The molecule has 0 spiro atoms. The molecule has 114 valence electrons. The molecule has 0 radical (unpaired) electrons. The van der Waals surface area contributed by atoms with Crippen molar-refractivity contribution >= 4 is 16.9 Å². The van der Waals surface area contributed by atoms with Crippen molar-refractivity contribution in [2.24, 2.45) is 0 Å². The first-order chi connectivity index (χ1) is 8.31. The summed E-state index contributed by atoms with van der Waals surface area (Å²) in [6.45, 7) is 1.12. The van der Waals surface area contributed by atoms with E-state index >= 15 is 0 Å². The standard InChI is InChI=1S/C9H10F8OS/c1-5(18)19-3-2-6(10)4-7(11,12)8(13,14)9(15,16)17/h6H,2-4H2,1H3. The first kappa shape index (κ1) is 18.5. The van der Waals surface area contributed by atoms with Crippen LogP contribution < -0.4 is 0 Å². The van der Waals surface area contributed by atoms with E-state index in [4.69, 9.17) is 0 Å². The zero-order chi connectivity index (χ0) is 15.5. The predicted molar refractivity (Wildman–Crippen MR) is 53.2 cm³/mol. The Balaban J connectivity index is 4.55. The minimum atomic E-state index is -6.45. The van der Waals surface area contributed by atoms with Crippen LogP contribution in [0, 0.1) is 0 Å². The number of carbonyl (C=O) groups is 1. The van der Waals surface area contributed by atoms with Crippen LogP contribution in [0.3, 0.4) is 0 Å². The van der Waals surface area contributed by atoms with Gasteiger partial charge in [0.2, 0.25) is 0 Å². The summed E-state index contributed by atoms with van der Waals surface area (Å²) in [6, 6.07) is 0. The zero-order valence-electron chi connectivity index (χ0n) is 9.54. The first-order valence-electron chi connectivity index (χ1n) is 4.91. The van der Waals surface area contributed by atoms with Crippen LogP contribution in [0.2, 0.25) is 0 Å². The number of rotatable bonds is 6. The van der Waals surface area contributed by atoms with E-state index in [2.05, 4.69) is 0 Å². The van der Waals surface area contributed by atoms with E-state index in [1.165, 1.54) is 0 Å². The Kier molecular flexibility index (Phi) is 6.10. The van der Waals surface area contributed by atoms with Gasteiger partial charge >= 0.3 is 18.0 Å². The lowest BCUT2D eigenvalue weighted by molar-refractivity contribution is -0.357. The molecule has 0 fully saturated rings. The normalized spacial score (nSPS) is 15.4. The lowest BCUT2D eigenvalue weighted by Crippen LogP contribution is -2.52. The minimum absolute atomic E-state index is 0.274. The van der Waals surface area contributed by atoms with Crippen molar-refractivity contribution in [3.05, 3.63) is 0 Å². The maximum Gasteiger partial charge on any atom is 0.459 e. The second-order valence-corrected chi connectivity index (χ2v) is 4.98. The summed E-state index contributed by atoms with van der Waals surface area (Å²) in [5.74, 6) is -12.1. The van der Waals surface area contributed by atoms with E-state index in [0.717, 1.165) is 6.92 Å². The van der Waals surface area contributed by atoms with Gasteiger partial charge < -0.3 is 0 Å². The van der Waals surface area contributed by atoms with Crippen LogP contribution in [-0.4, -0.2) is 35.1 Å². The molecule has 0 aliphatic carbocycles. The number of hydrogen-bond acceptors (Lipinski definition) is 2. The molecule has 0 aromatic rings. The summed E-state index contributed by atoms with van der Waals surface area (Å²) in [5.41, 5.74) is 0. The molecule has 0 amide bonds. The molecule has 19 heavy (non-hydrogen) atoms. The molecule has 0 aliphatic rings. The van der Waals surface area contributed by atoms with Crippen molar-refractivity contribution in [3.8, 4) is 0 Å². The van der Waals surface area contributed by atoms with Crippen molar-refractivity contribution < 1.29 is 39.9 Å². The summed E-state index contributed by atoms with van der Waals surface area (Å²) in [6.07, 6.45) is -12.0. The van der Waals surface area contributed by atoms with Crippen LogP contribution in [0.1, 0.15) is 19.8 Å². The van der Waals surface area contributed by atoms with E-state index in [1.807, 2.05) is 0 Å². The topological polar surface area (TPSA) is 17.1 Å². The summed E-state index contributed by atoms with van der Waals surface area (Å²) in [5, 5.41) is -0.445. The number of hydrogen-bond donors (Lipinski definition) is 0. The SMILES string of the molecule is CC(=O)SCCC(F)CC(F)(F)C(F)(F)C(F)(F)F. The highest BCUT2D eigenvalue weighted by molar-refractivity contribution is 8.13.